The van der Waals surface area contributed by atoms with Gasteiger partial charge in [-0.1, -0.05) is 35.0 Å². The maximum Gasteiger partial charge on any atom is 0.158 e. The second kappa shape index (κ2) is 5.17. The molecule has 4 N–H and O–H groups in total. The van der Waals surface area contributed by atoms with Crippen molar-refractivity contribution in [1.29, 1.82) is 0 Å². The normalized spacial score (nSPS) is 10.6. The Kier molecular flexibility index (Phi) is 3.79. The molecule has 0 bridgehead atoms. The van der Waals surface area contributed by atoms with Crippen molar-refractivity contribution in [1.82, 2.24) is 15.0 Å². The predicted octanol–water partition coefficient (Wildman–Crippen LogP) is 2.80. The molecule has 2 heterocycles. The lowest BCUT2D eigenvalue weighted by Crippen LogP contribution is -1.99. The van der Waals surface area contributed by atoms with Crippen LogP contribution in [0.4, 0.5) is 11.6 Å². The van der Waals surface area contributed by atoms with E-state index in [0.717, 1.165) is 0 Å². The summed E-state index contributed by atoms with van der Waals surface area (Å²) < 4.78 is 0. The van der Waals surface area contributed by atoms with Crippen LogP contribution in [0.25, 0.3) is 0 Å². The molecule has 0 atom stereocenters. The third-order valence-corrected chi connectivity index (χ3v) is 4.01. The average Bonchev–Trinajstić information content (AvgIpc) is 2.32. The highest BCUT2D eigenvalue weighted by molar-refractivity contribution is 7.99. The van der Waals surface area contributed by atoms with E-state index in [-0.39, 0.29) is 16.8 Å². The van der Waals surface area contributed by atoms with Crippen LogP contribution in [0.15, 0.2) is 22.2 Å². The van der Waals surface area contributed by atoms with Gasteiger partial charge in [0.1, 0.15) is 10.8 Å². The summed E-state index contributed by atoms with van der Waals surface area (Å²) in [5.41, 5.74) is 12.0. The van der Waals surface area contributed by atoms with E-state index in [2.05, 4.69) is 15.0 Å². The molecule has 0 fully saturated rings. The van der Waals surface area contributed by atoms with E-state index in [1.807, 2.05) is 0 Å². The highest BCUT2D eigenvalue weighted by Gasteiger charge is 2.12. The average molecular weight is 302 g/mol. The molecule has 18 heavy (non-hydrogen) atoms. The van der Waals surface area contributed by atoms with E-state index in [4.69, 9.17) is 34.7 Å². The number of halogens is 2. The lowest BCUT2D eigenvalue weighted by Gasteiger charge is -2.08. The Hall–Kier alpha value is -1.24. The van der Waals surface area contributed by atoms with Crippen LogP contribution in [-0.4, -0.2) is 15.0 Å². The van der Waals surface area contributed by atoms with Gasteiger partial charge in [0, 0.05) is 11.1 Å². The Morgan fingerprint density at radius 1 is 1.17 bits per heavy atom. The Morgan fingerprint density at radius 2 is 1.89 bits per heavy atom. The molecule has 0 saturated carbocycles. The maximum absolute atomic E-state index is 6.04. The summed E-state index contributed by atoms with van der Waals surface area (Å²) in [6, 6.07) is 1.73. The van der Waals surface area contributed by atoms with Gasteiger partial charge in [-0.15, -0.1) is 0 Å². The molecule has 2 rings (SSSR count). The van der Waals surface area contributed by atoms with E-state index < -0.39 is 0 Å². The first-order valence-electron chi connectivity index (χ1n) is 4.86. The highest BCUT2D eigenvalue weighted by Crippen LogP contribution is 2.36. The number of nitrogens with two attached hydrogens (primary N) is 2. The molecule has 0 aliphatic rings. The number of nitrogen functional groups attached to an aromatic ring is 2. The SMILES string of the molecule is Cc1nc(Sc2ccnc(N)c2Cl)c(N)nc1Cl. The van der Waals surface area contributed by atoms with Crippen LogP contribution in [0.3, 0.4) is 0 Å². The van der Waals surface area contributed by atoms with Crippen LogP contribution in [0.1, 0.15) is 5.69 Å². The molecule has 0 aromatic carbocycles. The topological polar surface area (TPSA) is 90.7 Å². The molecule has 0 radical (unpaired) electrons. The van der Waals surface area contributed by atoms with Crippen molar-refractivity contribution in [3.63, 3.8) is 0 Å². The van der Waals surface area contributed by atoms with E-state index in [9.17, 15) is 0 Å². The number of aryl methyl sites for hydroxylation is 1. The molecule has 94 valence electrons. The standard InChI is InChI=1S/C10H9Cl2N5S/c1-4-7(12)17-9(14)10(16-4)18-5-2-3-15-8(13)6(5)11/h2-3H,1H3,(H2,13,15)(H2,14,17). The van der Waals surface area contributed by atoms with Crippen LogP contribution >= 0.6 is 35.0 Å². The monoisotopic (exact) mass is 301 g/mol. The Balaban J connectivity index is 2.40. The summed E-state index contributed by atoms with van der Waals surface area (Å²) in [5.74, 6) is 0.515. The van der Waals surface area contributed by atoms with Gasteiger partial charge in [0.15, 0.2) is 11.0 Å². The number of anilines is 2. The van der Waals surface area contributed by atoms with Gasteiger partial charge in [-0.3, -0.25) is 0 Å². The first kappa shape index (κ1) is 13.2. The van der Waals surface area contributed by atoms with Gasteiger partial charge < -0.3 is 11.5 Å². The summed E-state index contributed by atoms with van der Waals surface area (Å²) in [6.07, 6.45) is 1.57. The Morgan fingerprint density at radius 3 is 2.61 bits per heavy atom. The van der Waals surface area contributed by atoms with Crippen LogP contribution in [0.2, 0.25) is 10.2 Å². The second-order valence-electron chi connectivity index (χ2n) is 3.40. The zero-order valence-corrected chi connectivity index (χ0v) is 11.6. The van der Waals surface area contributed by atoms with Crippen LogP contribution in [-0.2, 0) is 0 Å². The van der Waals surface area contributed by atoms with Gasteiger partial charge in [-0.25, -0.2) is 15.0 Å². The number of aromatic nitrogens is 3. The molecular weight excluding hydrogens is 293 g/mol. The van der Waals surface area contributed by atoms with E-state index in [1.54, 1.807) is 19.2 Å². The Labute approximate surface area is 118 Å². The summed E-state index contributed by atoms with van der Waals surface area (Å²) >= 11 is 13.1. The predicted molar refractivity (Wildman–Crippen MR) is 74.0 cm³/mol. The number of rotatable bonds is 2. The molecule has 0 aliphatic carbocycles. The molecular formula is C10H9Cl2N5S. The van der Waals surface area contributed by atoms with Gasteiger partial charge in [-0.05, 0) is 13.0 Å². The molecule has 0 amide bonds. The lowest BCUT2D eigenvalue weighted by molar-refractivity contribution is 1.01. The van der Waals surface area contributed by atoms with Crippen molar-refractivity contribution >= 4 is 46.6 Å². The number of nitrogens with zero attached hydrogens (tertiary/aromatic N) is 3. The minimum Gasteiger partial charge on any atom is -0.382 e. The minimum absolute atomic E-state index is 0.252. The summed E-state index contributed by atoms with van der Waals surface area (Å²) in [6.45, 7) is 1.75. The van der Waals surface area contributed by atoms with Crippen LogP contribution < -0.4 is 11.5 Å². The van der Waals surface area contributed by atoms with Gasteiger partial charge in [0.05, 0.1) is 10.7 Å². The molecule has 0 aliphatic heterocycles. The molecule has 2 aromatic heterocycles. The first-order valence-corrected chi connectivity index (χ1v) is 6.43. The van der Waals surface area contributed by atoms with Crippen molar-refractivity contribution in [3.05, 3.63) is 28.1 Å². The molecule has 0 spiro atoms. The van der Waals surface area contributed by atoms with E-state index in [1.165, 1.54) is 11.8 Å². The van der Waals surface area contributed by atoms with E-state index >= 15 is 0 Å². The first-order chi connectivity index (χ1) is 8.49. The summed E-state index contributed by atoms with van der Waals surface area (Å²) in [5, 5.41) is 1.19. The fraction of sp³-hybridized carbons (Fsp3) is 0.100. The molecule has 5 nitrogen and oxygen atoms in total. The zero-order valence-electron chi connectivity index (χ0n) is 9.32. The van der Waals surface area contributed by atoms with Crippen molar-refractivity contribution in [2.24, 2.45) is 0 Å². The van der Waals surface area contributed by atoms with Gasteiger partial charge in [-0.2, -0.15) is 0 Å². The van der Waals surface area contributed by atoms with Crippen LogP contribution in [0, 0.1) is 6.92 Å². The summed E-state index contributed by atoms with van der Waals surface area (Å²) in [4.78, 5) is 12.8. The van der Waals surface area contributed by atoms with Crippen molar-refractivity contribution in [2.75, 3.05) is 11.5 Å². The van der Waals surface area contributed by atoms with E-state index in [0.29, 0.717) is 20.6 Å². The number of hydrogen-bond acceptors (Lipinski definition) is 6. The van der Waals surface area contributed by atoms with Gasteiger partial charge in [0.2, 0.25) is 0 Å². The fourth-order valence-electron chi connectivity index (χ4n) is 1.19. The summed E-state index contributed by atoms with van der Waals surface area (Å²) in [7, 11) is 0. The molecule has 8 heteroatoms. The quantitative estimate of drug-likeness (QED) is 0.886. The van der Waals surface area contributed by atoms with Gasteiger partial charge in [0.25, 0.3) is 0 Å². The zero-order chi connectivity index (χ0) is 13.3. The number of hydrogen-bond donors (Lipinski definition) is 2. The maximum atomic E-state index is 6.04. The van der Waals surface area contributed by atoms with Crippen molar-refractivity contribution in [3.8, 4) is 0 Å². The van der Waals surface area contributed by atoms with Crippen LogP contribution in [0.5, 0.6) is 0 Å². The van der Waals surface area contributed by atoms with Crippen molar-refractivity contribution in [2.45, 2.75) is 16.8 Å². The molecule has 2 aromatic rings. The smallest absolute Gasteiger partial charge is 0.158 e. The fourth-order valence-corrected chi connectivity index (χ4v) is 2.41. The highest BCUT2D eigenvalue weighted by atomic mass is 35.5. The largest absolute Gasteiger partial charge is 0.382 e. The van der Waals surface area contributed by atoms with Gasteiger partial charge >= 0.3 is 0 Å². The minimum atomic E-state index is 0.252. The van der Waals surface area contributed by atoms with Crippen molar-refractivity contribution < 1.29 is 0 Å². The third-order valence-electron chi connectivity index (χ3n) is 2.09. The Bertz CT molecular complexity index is 605. The molecule has 0 saturated heterocycles. The second-order valence-corrected chi connectivity index (χ2v) is 5.17. The third kappa shape index (κ3) is 2.60. The number of pyridine rings is 1. The lowest BCUT2D eigenvalue weighted by atomic mass is 10.5. The molecule has 0 unspecified atom stereocenters.